The summed E-state index contributed by atoms with van der Waals surface area (Å²) in [7, 11) is 2.06. The summed E-state index contributed by atoms with van der Waals surface area (Å²) < 4.78 is 2.10. The molecular weight excluding hydrogens is 282 g/mol. The van der Waals surface area contributed by atoms with Crippen molar-refractivity contribution >= 4 is 0 Å². The van der Waals surface area contributed by atoms with Crippen LogP contribution >= 0.6 is 0 Å². The fourth-order valence-electron chi connectivity index (χ4n) is 3.85. The number of benzene rings is 1. The molecule has 1 aromatic heterocycles. The molecule has 124 valence electrons. The number of aryl methyl sites for hydroxylation is 2. The first-order chi connectivity index (χ1) is 11.1. The molecule has 1 fully saturated rings. The summed E-state index contributed by atoms with van der Waals surface area (Å²) in [4.78, 5) is 4.46. The first-order valence-corrected chi connectivity index (χ1v) is 8.90. The lowest BCUT2D eigenvalue weighted by Crippen LogP contribution is -2.31. The quantitative estimate of drug-likeness (QED) is 0.887. The van der Waals surface area contributed by atoms with E-state index in [0.717, 1.165) is 24.2 Å². The van der Waals surface area contributed by atoms with Crippen LogP contribution in [0.5, 0.6) is 0 Å². The number of nitrogens with zero attached hydrogens (tertiary/aromatic N) is 2. The molecule has 0 bridgehead atoms. The van der Waals surface area contributed by atoms with E-state index in [1.165, 1.54) is 36.8 Å². The average molecular weight is 311 g/mol. The molecule has 23 heavy (non-hydrogen) atoms. The molecule has 1 heterocycles. The first kappa shape index (κ1) is 16.3. The zero-order valence-corrected chi connectivity index (χ0v) is 14.6. The minimum absolute atomic E-state index is 0.431. The van der Waals surface area contributed by atoms with Crippen LogP contribution in [0, 0.1) is 18.8 Å². The number of nitrogens with one attached hydrogen (secondary N) is 1. The van der Waals surface area contributed by atoms with Crippen molar-refractivity contribution in [1.82, 2.24) is 14.9 Å². The van der Waals surface area contributed by atoms with Gasteiger partial charge in [-0.25, -0.2) is 4.98 Å². The molecule has 1 saturated carbocycles. The molecule has 1 atom stereocenters. The van der Waals surface area contributed by atoms with Gasteiger partial charge < -0.3 is 9.88 Å². The summed E-state index contributed by atoms with van der Waals surface area (Å²) >= 11 is 0. The van der Waals surface area contributed by atoms with Crippen LogP contribution in [0.15, 0.2) is 36.7 Å². The van der Waals surface area contributed by atoms with Crippen molar-refractivity contribution in [3.8, 4) is 0 Å². The normalized spacial score (nSPS) is 22.9. The van der Waals surface area contributed by atoms with Gasteiger partial charge in [0.2, 0.25) is 0 Å². The lowest BCUT2D eigenvalue weighted by Gasteiger charge is -2.34. The van der Waals surface area contributed by atoms with Crippen LogP contribution in [0.2, 0.25) is 0 Å². The largest absolute Gasteiger partial charge is 0.337 e. The average Bonchev–Trinajstić information content (AvgIpc) is 2.96. The van der Waals surface area contributed by atoms with Gasteiger partial charge in [-0.05, 0) is 42.7 Å². The highest BCUT2D eigenvalue weighted by atomic mass is 15.1. The van der Waals surface area contributed by atoms with Crippen LogP contribution in [0.25, 0.3) is 0 Å². The van der Waals surface area contributed by atoms with Gasteiger partial charge in [0.15, 0.2) is 0 Å². The second-order valence-corrected chi connectivity index (χ2v) is 7.19. The minimum Gasteiger partial charge on any atom is -0.337 e. The fraction of sp³-hybridized carbons (Fsp3) is 0.550. The first-order valence-electron chi connectivity index (χ1n) is 8.90. The standard InChI is InChI=1S/C20H29N3/c1-15-8-10-17(11-9-15)20(18-7-5-4-6-16(18)2)22-14-19-21-12-13-23(19)3/h4-7,12-13,15,17,20,22H,8-11,14H2,1-3H3. The van der Waals surface area contributed by atoms with E-state index in [1.807, 2.05) is 12.4 Å². The number of imidazole rings is 1. The van der Waals surface area contributed by atoms with Gasteiger partial charge in [-0.15, -0.1) is 0 Å². The molecule has 1 aliphatic rings. The summed E-state index contributed by atoms with van der Waals surface area (Å²) in [6.07, 6.45) is 9.26. The Morgan fingerprint density at radius 3 is 2.61 bits per heavy atom. The van der Waals surface area contributed by atoms with Crippen molar-refractivity contribution in [1.29, 1.82) is 0 Å². The van der Waals surface area contributed by atoms with E-state index in [-0.39, 0.29) is 0 Å². The minimum atomic E-state index is 0.431. The van der Waals surface area contributed by atoms with E-state index in [4.69, 9.17) is 0 Å². The van der Waals surface area contributed by atoms with Gasteiger partial charge in [-0.1, -0.05) is 44.0 Å². The molecule has 1 N–H and O–H groups in total. The smallest absolute Gasteiger partial charge is 0.122 e. The molecule has 0 spiro atoms. The second kappa shape index (κ2) is 7.31. The van der Waals surface area contributed by atoms with E-state index in [9.17, 15) is 0 Å². The van der Waals surface area contributed by atoms with Gasteiger partial charge >= 0.3 is 0 Å². The molecule has 1 unspecified atom stereocenters. The van der Waals surface area contributed by atoms with Crippen molar-refractivity contribution in [2.45, 2.75) is 52.1 Å². The molecule has 0 amide bonds. The molecule has 0 saturated heterocycles. The zero-order chi connectivity index (χ0) is 16.2. The van der Waals surface area contributed by atoms with Crippen LogP contribution in [-0.4, -0.2) is 9.55 Å². The topological polar surface area (TPSA) is 29.9 Å². The third-order valence-corrected chi connectivity index (χ3v) is 5.46. The van der Waals surface area contributed by atoms with Crippen LogP contribution in [-0.2, 0) is 13.6 Å². The van der Waals surface area contributed by atoms with Gasteiger partial charge in [-0.3, -0.25) is 0 Å². The van der Waals surface area contributed by atoms with Gasteiger partial charge in [-0.2, -0.15) is 0 Å². The highest BCUT2D eigenvalue weighted by Gasteiger charge is 2.28. The molecule has 3 nitrogen and oxygen atoms in total. The SMILES string of the molecule is Cc1ccccc1C(NCc1nccn1C)C1CCC(C)CC1. The van der Waals surface area contributed by atoms with Gasteiger partial charge in [0.25, 0.3) is 0 Å². The molecule has 3 rings (SSSR count). The summed E-state index contributed by atoms with van der Waals surface area (Å²) in [6, 6.07) is 9.26. The van der Waals surface area contributed by atoms with Crippen LogP contribution in [0.1, 0.15) is 55.6 Å². The number of aromatic nitrogens is 2. The third-order valence-electron chi connectivity index (χ3n) is 5.46. The van der Waals surface area contributed by atoms with Crippen molar-refractivity contribution in [3.63, 3.8) is 0 Å². The fourth-order valence-corrected chi connectivity index (χ4v) is 3.85. The van der Waals surface area contributed by atoms with E-state index in [1.54, 1.807) is 0 Å². The van der Waals surface area contributed by atoms with E-state index < -0.39 is 0 Å². The second-order valence-electron chi connectivity index (χ2n) is 7.19. The number of rotatable bonds is 5. The monoisotopic (exact) mass is 311 g/mol. The van der Waals surface area contributed by atoms with Crippen LogP contribution < -0.4 is 5.32 Å². The van der Waals surface area contributed by atoms with E-state index in [2.05, 4.69) is 60.0 Å². The summed E-state index contributed by atoms with van der Waals surface area (Å²) in [5.74, 6) is 2.72. The Bertz CT molecular complexity index is 623. The van der Waals surface area contributed by atoms with Crippen LogP contribution in [0.4, 0.5) is 0 Å². The molecule has 3 heteroatoms. The molecule has 1 aromatic carbocycles. The van der Waals surface area contributed by atoms with Crippen molar-refractivity contribution < 1.29 is 0 Å². The van der Waals surface area contributed by atoms with Gasteiger partial charge in [0.05, 0.1) is 6.54 Å². The van der Waals surface area contributed by atoms with Crippen molar-refractivity contribution in [3.05, 3.63) is 53.6 Å². The zero-order valence-electron chi connectivity index (χ0n) is 14.6. The summed E-state index contributed by atoms with van der Waals surface area (Å²) in [5.41, 5.74) is 2.85. The van der Waals surface area contributed by atoms with Crippen molar-refractivity contribution in [2.24, 2.45) is 18.9 Å². The van der Waals surface area contributed by atoms with Gasteiger partial charge in [0.1, 0.15) is 5.82 Å². The number of hydrogen-bond donors (Lipinski definition) is 1. The molecular formula is C20H29N3. The Morgan fingerprint density at radius 1 is 1.22 bits per heavy atom. The maximum atomic E-state index is 4.46. The van der Waals surface area contributed by atoms with Crippen molar-refractivity contribution in [2.75, 3.05) is 0 Å². The van der Waals surface area contributed by atoms with E-state index >= 15 is 0 Å². The number of hydrogen-bond acceptors (Lipinski definition) is 2. The third kappa shape index (κ3) is 3.84. The molecule has 0 aliphatic heterocycles. The predicted molar refractivity (Wildman–Crippen MR) is 95.1 cm³/mol. The highest BCUT2D eigenvalue weighted by Crippen LogP contribution is 2.37. The van der Waals surface area contributed by atoms with Gasteiger partial charge in [0, 0.05) is 25.5 Å². The Kier molecular flexibility index (Phi) is 5.16. The Morgan fingerprint density at radius 2 is 1.96 bits per heavy atom. The Hall–Kier alpha value is -1.61. The molecule has 0 radical (unpaired) electrons. The lowest BCUT2D eigenvalue weighted by atomic mass is 9.76. The Labute approximate surface area is 140 Å². The Balaban J connectivity index is 1.78. The maximum absolute atomic E-state index is 4.46. The summed E-state index contributed by atoms with van der Waals surface area (Å²) in [6.45, 7) is 5.45. The predicted octanol–water partition coefficient (Wildman–Crippen LogP) is 4.39. The maximum Gasteiger partial charge on any atom is 0.122 e. The summed E-state index contributed by atoms with van der Waals surface area (Å²) in [5, 5.41) is 3.82. The molecule has 1 aliphatic carbocycles. The highest BCUT2D eigenvalue weighted by molar-refractivity contribution is 5.29. The van der Waals surface area contributed by atoms with Crippen LogP contribution in [0.3, 0.4) is 0 Å². The molecule has 2 aromatic rings. The lowest BCUT2D eigenvalue weighted by molar-refractivity contribution is 0.229. The van der Waals surface area contributed by atoms with E-state index in [0.29, 0.717) is 6.04 Å².